The molecule has 2 aromatic rings. The molecule has 1 aliphatic carbocycles. The molecule has 1 aromatic carbocycles. The molecule has 1 aromatic heterocycles. The Bertz CT molecular complexity index is 646. The molecule has 5 heteroatoms. The lowest BCUT2D eigenvalue weighted by Gasteiger charge is -2.15. The van der Waals surface area contributed by atoms with Gasteiger partial charge in [0.1, 0.15) is 0 Å². The van der Waals surface area contributed by atoms with Crippen molar-refractivity contribution in [3.63, 3.8) is 0 Å². The number of halogens is 1. The second kappa shape index (κ2) is 5.70. The van der Waals surface area contributed by atoms with Gasteiger partial charge >= 0.3 is 0 Å². The van der Waals surface area contributed by atoms with Crippen molar-refractivity contribution in [1.82, 2.24) is 15.1 Å². The zero-order valence-electron chi connectivity index (χ0n) is 12.2. The number of aryl methyl sites for hydroxylation is 1. The maximum Gasteiger partial charge on any atom is 0.157 e. The molecule has 4 rings (SSSR count). The normalized spacial score (nSPS) is 17.0. The summed E-state index contributed by atoms with van der Waals surface area (Å²) in [6.45, 7) is 4.11. The molecular formula is C16H21ClN4. The molecule has 1 fully saturated rings. The molecule has 0 amide bonds. The molecule has 1 saturated carbocycles. The minimum absolute atomic E-state index is 0. The van der Waals surface area contributed by atoms with Crippen LogP contribution in [0.15, 0.2) is 24.3 Å². The van der Waals surface area contributed by atoms with E-state index in [0.717, 1.165) is 31.0 Å². The van der Waals surface area contributed by atoms with Crippen molar-refractivity contribution in [1.29, 1.82) is 0 Å². The van der Waals surface area contributed by atoms with Gasteiger partial charge in [-0.05, 0) is 37.5 Å². The van der Waals surface area contributed by atoms with Crippen LogP contribution in [0.4, 0.5) is 11.5 Å². The van der Waals surface area contributed by atoms with Crippen LogP contribution >= 0.6 is 12.4 Å². The lowest BCUT2D eigenvalue weighted by Crippen LogP contribution is -2.24. The van der Waals surface area contributed by atoms with Crippen LogP contribution in [-0.2, 0) is 13.0 Å². The van der Waals surface area contributed by atoms with E-state index in [9.17, 15) is 0 Å². The number of hydrogen-bond donors (Lipinski definition) is 2. The molecule has 0 bridgehead atoms. The first-order chi connectivity index (χ1) is 9.81. The number of rotatable bonds is 3. The largest absolute Gasteiger partial charge is 0.338 e. The summed E-state index contributed by atoms with van der Waals surface area (Å²) in [6.07, 6.45) is 3.66. The zero-order chi connectivity index (χ0) is 13.5. The predicted molar refractivity (Wildman–Crippen MR) is 87.6 cm³/mol. The van der Waals surface area contributed by atoms with Crippen molar-refractivity contribution in [2.45, 2.75) is 38.8 Å². The van der Waals surface area contributed by atoms with E-state index in [4.69, 9.17) is 5.10 Å². The van der Waals surface area contributed by atoms with E-state index < -0.39 is 0 Å². The van der Waals surface area contributed by atoms with E-state index in [1.807, 2.05) is 0 Å². The minimum Gasteiger partial charge on any atom is -0.338 e. The summed E-state index contributed by atoms with van der Waals surface area (Å²) in [7, 11) is 0. The van der Waals surface area contributed by atoms with Crippen molar-refractivity contribution in [3.05, 3.63) is 41.1 Å². The van der Waals surface area contributed by atoms with E-state index in [2.05, 4.69) is 46.5 Å². The Hall–Kier alpha value is -1.52. The molecule has 2 N–H and O–H groups in total. The van der Waals surface area contributed by atoms with Crippen LogP contribution in [0.25, 0.3) is 0 Å². The number of benzene rings is 1. The fourth-order valence-corrected chi connectivity index (χ4v) is 2.96. The Labute approximate surface area is 131 Å². The van der Waals surface area contributed by atoms with E-state index in [1.54, 1.807) is 0 Å². The summed E-state index contributed by atoms with van der Waals surface area (Å²) in [6, 6.07) is 9.12. The van der Waals surface area contributed by atoms with Gasteiger partial charge in [-0.1, -0.05) is 12.1 Å². The van der Waals surface area contributed by atoms with Crippen molar-refractivity contribution in [3.8, 4) is 0 Å². The molecule has 0 radical (unpaired) electrons. The number of anilines is 2. The highest BCUT2D eigenvalue weighted by atomic mass is 35.5. The third-order valence-corrected chi connectivity index (χ3v) is 4.13. The molecule has 21 heavy (non-hydrogen) atoms. The Balaban J connectivity index is 0.00000132. The average molecular weight is 305 g/mol. The number of hydrogen-bond acceptors (Lipinski definition) is 3. The van der Waals surface area contributed by atoms with Gasteiger partial charge in [0, 0.05) is 36.5 Å². The Morgan fingerprint density at radius 1 is 1.33 bits per heavy atom. The topological polar surface area (TPSA) is 41.9 Å². The molecule has 2 heterocycles. The molecule has 0 spiro atoms. The molecule has 2 aliphatic rings. The standard InChI is InChI=1S/C16H20N4.ClH/c1-11-3-2-4-12(9-11)18-16-14-10-17-8-7-15(14)20(19-16)13-5-6-13;/h2-4,9,13,17H,5-8,10H2,1H3,(H,18,19);1H. The van der Waals surface area contributed by atoms with Gasteiger partial charge in [-0.2, -0.15) is 5.10 Å². The fraction of sp³-hybridized carbons (Fsp3) is 0.438. The fourth-order valence-electron chi connectivity index (χ4n) is 2.96. The van der Waals surface area contributed by atoms with Gasteiger partial charge in [-0.25, -0.2) is 0 Å². The van der Waals surface area contributed by atoms with Crippen LogP contribution in [0.3, 0.4) is 0 Å². The van der Waals surface area contributed by atoms with E-state index in [1.165, 1.54) is 29.7 Å². The van der Waals surface area contributed by atoms with Crippen LogP contribution in [0.2, 0.25) is 0 Å². The maximum atomic E-state index is 4.84. The summed E-state index contributed by atoms with van der Waals surface area (Å²) >= 11 is 0. The second-order valence-electron chi connectivity index (χ2n) is 5.87. The Kier molecular flexibility index (Phi) is 3.91. The summed E-state index contributed by atoms with van der Waals surface area (Å²) in [4.78, 5) is 0. The van der Waals surface area contributed by atoms with Crippen molar-refractivity contribution in [2.75, 3.05) is 11.9 Å². The molecule has 1 aliphatic heterocycles. The highest BCUT2D eigenvalue weighted by Gasteiger charge is 2.30. The predicted octanol–water partition coefficient (Wildman–Crippen LogP) is 3.34. The Morgan fingerprint density at radius 2 is 2.19 bits per heavy atom. The van der Waals surface area contributed by atoms with Gasteiger partial charge in [0.25, 0.3) is 0 Å². The van der Waals surface area contributed by atoms with Gasteiger partial charge in [0.15, 0.2) is 5.82 Å². The highest BCUT2D eigenvalue weighted by Crippen LogP contribution is 2.38. The number of nitrogens with one attached hydrogen (secondary N) is 2. The molecule has 0 atom stereocenters. The van der Waals surface area contributed by atoms with E-state index >= 15 is 0 Å². The van der Waals surface area contributed by atoms with E-state index in [-0.39, 0.29) is 12.4 Å². The minimum atomic E-state index is 0. The zero-order valence-corrected chi connectivity index (χ0v) is 13.0. The Morgan fingerprint density at radius 3 is 2.95 bits per heavy atom. The average Bonchev–Trinajstić information content (AvgIpc) is 3.23. The molecular weight excluding hydrogens is 284 g/mol. The van der Waals surface area contributed by atoms with Crippen molar-refractivity contribution in [2.24, 2.45) is 0 Å². The van der Waals surface area contributed by atoms with Gasteiger partial charge in [0.2, 0.25) is 0 Å². The summed E-state index contributed by atoms with van der Waals surface area (Å²) < 4.78 is 2.27. The second-order valence-corrected chi connectivity index (χ2v) is 5.87. The summed E-state index contributed by atoms with van der Waals surface area (Å²) in [5.41, 5.74) is 5.17. The van der Waals surface area contributed by atoms with Crippen LogP contribution in [0.5, 0.6) is 0 Å². The highest BCUT2D eigenvalue weighted by molar-refractivity contribution is 5.85. The lowest BCUT2D eigenvalue weighted by atomic mass is 10.1. The monoisotopic (exact) mass is 304 g/mol. The number of fused-ring (bicyclic) bond motifs is 1. The summed E-state index contributed by atoms with van der Waals surface area (Å²) in [5, 5.41) is 11.8. The van der Waals surface area contributed by atoms with Crippen molar-refractivity contribution < 1.29 is 0 Å². The first-order valence-corrected chi connectivity index (χ1v) is 7.46. The van der Waals surface area contributed by atoms with Gasteiger partial charge in [0.05, 0.1) is 6.04 Å². The maximum absolute atomic E-state index is 4.84. The number of aromatic nitrogens is 2. The van der Waals surface area contributed by atoms with Crippen LogP contribution in [0.1, 0.15) is 35.7 Å². The first-order valence-electron chi connectivity index (χ1n) is 7.46. The third-order valence-electron chi connectivity index (χ3n) is 4.13. The molecule has 4 nitrogen and oxygen atoms in total. The van der Waals surface area contributed by atoms with Crippen molar-refractivity contribution >= 4 is 23.9 Å². The van der Waals surface area contributed by atoms with Crippen LogP contribution < -0.4 is 10.6 Å². The smallest absolute Gasteiger partial charge is 0.157 e. The summed E-state index contributed by atoms with van der Waals surface area (Å²) in [5.74, 6) is 1.03. The molecule has 112 valence electrons. The van der Waals surface area contributed by atoms with E-state index in [0.29, 0.717) is 6.04 Å². The SMILES string of the molecule is Cc1cccc(Nc2nn(C3CC3)c3c2CNCC3)c1.Cl. The van der Waals surface area contributed by atoms with Gasteiger partial charge in [-0.15, -0.1) is 12.4 Å². The van der Waals surface area contributed by atoms with Gasteiger partial charge < -0.3 is 10.6 Å². The number of nitrogens with zero attached hydrogens (tertiary/aromatic N) is 2. The van der Waals surface area contributed by atoms with Gasteiger partial charge in [-0.3, -0.25) is 4.68 Å². The molecule has 0 saturated heterocycles. The quantitative estimate of drug-likeness (QED) is 0.914. The van der Waals surface area contributed by atoms with Crippen LogP contribution in [-0.4, -0.2) is 16.3 Å². The first kappa shape index (κ1) is 14.4. The molecule has 0 unspecified atom stereocenters. The third kappa shape index (κ3) is 2.78. The lowest BCUT2D eigenvalue weighted by molar-refractivity contribution is 0.562. The van der Waals surface area contributed by atoms with Crippen LogP contribution in [0, 0.1) is 6.92 Å².